The summed E-state index contributed by atoms with van der Waals surface area (Å²) in [6.07, 6.45) is 17.5. The van der Waals surface area contributed by atoms with Crippen molar-refractivity contribution in [3.63, 3.8) is 0 Å². The standard InChI is InChI=1S/C30H52B2N2O8.H2/c1-24(30(37)38)17-14-16-19-33-28(35)18-13-11-9-7-5-3-2-4-6-8-10-12-15-20-34-29(36)25-21-26(31(39)40)23-27(22-25)32(41)42;/h21-24,39-42H,2-20H2,1H3,(H,33,35)(H,34,36)(H,37,38);1H/t24-;/m0./s1. The molecular formula is C30H54B2N2O8. The Bertz CT molecular complexity index is 898. The van der Waals surface area contributed by atoms with E-state index in [1.54, 1.807) is 6.92 Å². The summed E-state index contributed by atoms with van der Waals surface area (Å²) in [5.41, 5.74) is 0.205. The van der Waals surface area contributed by atoms with Crippen LogP contribution in [0.5, 0.6) is 0 Å². The van der Waals surface area contributed by atoms with Crippen LogP contribution in [0.4, 0.5) is 0 Å². The van der Waals surface area contributed by atoms with Crippen LogP contribution in [0.1, 0.15) is 128 Å². The monoisotopic (exact) mass is 592 g/mol. The van der Waals surface area contributed by atoms with Gasteiger partial charge in [0.25, 0.3) is 5.91 Å². The molecule has 42 heavy (non-hydrogen) atoms. The van der Waals surface area contributed by atoms with Gasteiger partial charge in [0.05, 0.1) is 5.92 Å². The lowest BCUT2D eigenvalue weighted by atomic mass is 9.72. The fourth-order valence-corrected chi connectivity index (χ4v) is 4.78. The van der Waals surface area contributed by atoms with Gasteiger partial charge in [-0.15, -0.1) is 0 Å². The van der Waals surface area contributed by atoms with Gasteiger partial charge in [-0.3, -0.25) is 14.4 Å². The van der Waals surface area contributed by atoms with Crippen molar-refractivity contribution >= 4 is 42.9 Å². The minimum atomic E-state index is -1.81. The van der Waals surface area contributed by atoms with E-state index in [1.807, 2.05) is 0 Å². The Balaban J connectivity index is 0.0000176. The van der Waals surface area contributed by atoms with Crippen LogP contribution in [0.2, 0.25) is 0 Å². The maximum absolute atomic E-state index is 12.4. The fraction of sp³-hybridized carbons (Fsp3) is 0.700. The highest BCUT2D eigenvalue weighted by atomic mass is 16.4. The van der Waals surface area contributed by atoms with E-state index >= 15 is 0 Å². The first kappa shape index (κ1) is 37.6. The van der Waals surface area contributed by atoms with Crippen LogP contribution in [-0.2, 0) is 9.59 Å². The Kier molecular flexibility index (Phi) is 20.7. The SMILES string of the molecule is C[C@@H](CCCCNC(=O)CCCCCCCCCCCCCCCNC(=O)c1cc(B(O)O)cc(B(O)O)c1)C(=O)O.[HH]. The van der Waals surface area contributed by atoms with Crippen LogP contribution in [0.15, 0.2) is 18.2 Å². The number of unbranched alkanes of at least 4 members (excludes halogenated alkanes) is 13. The molecule has 0 saturated carbocycles. The molecule has 1 atom stereocenters. The molecule has 238 valence electrons. The molecule has 0 radical (unpaired) electrons. The molecule has 0 unspecified atom stereocenters. The number of rotatable bonds is 25. The zero-order valence-electron chi connectivity index (χ0n) is 25.4. The Hall–Kier alpha value is -2.40. The topological polar surface area (TPSA) is 176 Å². The highest BCUT2D eigenvalue weighted by Crippen LogP contribution is 2.13. The number of carboxylic acids is 1. The van der Waals surface area contributed by atoms with E-state index in [0.717, 1.165) is 51.4 Å². The number of carbonyl (C=O) groups is 3. The van der Waals surface area contributed by atoms with Crippen LogP contribution >= 0.6 is 0 Å². The second-order valence-electron chi connectivity index (χ2n) is 11.3. The van der Waals surface area contributed by atoms with Crippen molar-refractivity contribution in [2.24, 2.45) is 5.92 Å². The van der Waals surface area contributed by atoms with Crippen LogP contribution in [-0.4, -0.2) is 70.3 Å². The summed E-state index contributed by atoms with van der Waals surface area (Å²) in [4.78, 5) is 35.0. The van der Waals surface area contributed by atoms with E-state index in [9.17, 15) is 34.5 Å². The van der Waals surface area contributed by atoms with E-state index in [1.165, 1.54) is 63.1 Å². The molecule has 0 bridgehead atoms. The number of amides is 2. The Morgan fingerprint density at radius 2 is 1.10 bits per heavy atom. The van der Waals surface area contributed by atoms with Gasteiger partial charge in [0.2, 0.25) is 5.91 Å². The van der Waals surface area contributed by atoms with Crippen molar-refractivity contribution in [3.05, 3.63) is 23.8 Å². The average molecular weight is 592 g/mol. The smallest absolute Gasteiger partial charge is 0.481 e. The number of hydrogen-bond donors (Lipinski definition) is 7. The van der Waals surface area contributed by atoms with Gasteiger partial charge in [0.15, 0.2) is 0 Å². The third-order valence-electron chi connectivity index (χ3n) is 7.51. The third kappa shape index (κ3) is 18.2. The average Bonchev–Trinajstić information content (AvgIpc) is 2.96. The Labute approximate surface area is 253 Å². The molecule has 1 aromatic rings. The van der Waals surface area contributed by atoms with Gasteiger partial charge in [0, 0.05) is 26.5 Å². The molecule has 0 heterocycles. The quantitative estimate of drug-likeness (QED) is 0.0669. The summed E-state index contributed by atoms with van der Waals surface area (Å²) in [6, 6.07) is 3.89. The molecule has 0 aliphatic heterocycles. The highest BCUT2D eigenvalue weighted by Gasteiger charge is 2.20. The molecule has 2 amide bonds. The number of aliphatic carboxylic acids is 1. The van der Waals surface area contributed by atoms with E-state index < -0.39 is 26.1 Å². The first-order valence-electron chi connectivity index (χ1n) is 15.8. The van der Waals surface area contributed by atoms with Crippen molar-refractivity contribution in [2.75, 3.05) is 13.1 Å². The van der Waals surface area contributed by atoms with Crippen molar-refractivity contribution in [2.45, 2.75) is 116 Å². The maximum Gasteiger partial charge on any atom is 0.488 e. The summed E-state index contributed by atoms with van der Waals surface area (Å²) >= 11 is 0. The Morgan fingerprint density at radius 3 is 1.57 bits per heavy atom. The molecule has 0 fully saturated rings. The van der Waals surface area contributed by atoms with E-state index in [2.05, 4.69) is 10.6 Å². The largest absolute Gasteiger partial charge is 0.488 e. The first-order chi connectivity index (χ1) is 20.1. The predicted octanol–water partition coefficient (Wildman–Crippen LogP) is 2.49. The molecule has 0 aliphatic carbocycles. The third-order valence-corrected chi connectivity index (χ3v) is 7.51. The van der Waals surface area contributed by atoms with E-state index in [4.69, 9.17) is 5.11 Å². The van der Waals surface area contributed by atoms with Crippen LogP contribution < -0.4 is 21.6 Å². The lowest BCUT2D eigenvalue weighted by Crippen LogP contribution is -2.40. The lowest BCUT2D eigenvalue weighted by molar-refractivity contribution is -0.141. The summed E-state index contributed by atoms with van der Waals surface area (Å²) in [5, 5.41) is 52.0. The summed E-state index contributed by atoms with van der Waals surface area (Å²) < 4.78 is 0. The van der Waals surface area contributed by atoms with E-state index in [0.29, 0.717) is 25.9 Å². The van der Waals surface area contributed by atoms with Gasteiger partial charge in [0.1, 0.15) is 0 Å². The van der Waals surface area contributed by atoms with Crippen molar-refractivity contribution < 1.29 is 41.0 Å². The number of benzene rings is 1. The Morgan fingerprint density at radius 1 is 0.667 bits per heavy atom. The van der Waals surface area contributed by atoms with Crippen molar-refractivity contribution in [1.29, 1.82) is 0 Å². The molecule has 1 rings (SSSR count). The molecule has 12 heteroatoms. The van der Waals surface area contributed by atoms with Gasteiger partial charge >= 0.3 is 20.2 Å². The molecule has 1 aromatic carbocycles. The van der Waals surface area contributed by atoms with Gasteiger partial charge in [-0.05, 0) is 48.7 Å². The minimum absolute atomic E-state index is 0. The molecule has 10 nitrogen and oxygen atoms in total. The molecule has 7 N–H and O–H groups in total. The summed E-state index contributed by atoms with van der Waals surface area (Å²) in [5.74, 6) is -1.38. The van der Waals surface area contributed by atoms with Gasteiger partial charge in [-0.25, -0.2) is 0 Å². The molecule has 0 aliphatic rings. The van der Waals surface area contributed by atoms with Crippen molar-refractivity contribution in [1.82, 2.24) is 10.6 Å². The maximum atomic E-state index is 12.4. The number of carbonyl (C=O) groups excluding carboxylic acids is 2. The number of carboxylic acid groups (broad SMARTS) is 1. The van der Waals surface area contributed by atoms with Gasteiger partial charge < -0.3 is 35.8 Å². The zero-order chi connectivity index (χ0) is 31.2. The fourth-order valence-electron chi connectivity index (χ4n) is 4.78. The molecular weight excluding hydrogens is 538 g/mol. The lowest BCUT2D eigenvalue weighted by Gasteiger charge is -2.10. The second-order valence-corrected chi connectivity index (χ2v) is 11.3. The minimum Gasteiger partial charge on any atom is -0.481 e. The summed E-state index contributed by atoms with van der Waals surface area (Å²) in [7, 11) is -3.61. The van der Waals surface area contributed by atoms with Crippen molar-refractivity contribution in [3.8, 4) is 0 Å². The van der Waals surface area contributed by atoms with Crippen LogP contribution in [0.25, 0.3) is 0 Å². The summed E-state index contributed by atoms with van der Waals surface area (Å²) in [6.45, 7) is 2.84. The van der Waals surface area contributed by atoms with Crippen LogP contribution in [0, 0.1) is 5.92 Å². The first-order valence-corrected chi connectivity index (χ1v) is 15.8. The molecule has 0 aromatic heterocycles. The van der Waals surface area contributed by atoms with Gasteiger partial charge in [-0.1, -0.05) is 90.0 Å². The number of nitrogens with one attached hydrogen (secondary N) is 2. The molecule has 0 saturated heterocycles. The van der Waals surface area contributed by atoms with Gasteiger partial charge in [-0.2, -0.15) is 0 Å². The predicted molar refractivity (Wildman–Crippen MR) is 169 cm³/mol. The second kappa shape index (κ2) is 23.1. The normalized spacial score (nSPS) is 11.6. The van der Waals surface area contributed by atoms with Crippen LogP contribution in [0.3, 0.4) is 0 Å². The van der Waals surface area contributed by atoms with E-state index in [-0.39, 0.29) is 29.7 Å². The molecule has 0 spiro atoms. The number of hydrogen-bond acceptors (Lipinski definition) is 7. The highest BCUT2D eigenvalue weighted by molar-refractivity contribution is 6.62. The zero-order valence-corrected chi connectivity index (χ0v) is 25.4.